The summed E-state index contributed by atoms with van der Waals surface area (Å²) in [5.41, 5.74) is 6.16. The van der Waals surface area contributed by atoms with Gasteiger partial charge in [-0.25, -0.2) is 0 Å². The van der Waals surface area contributed by atoms with Crippen LogP contribution in [-0.2, 0) is 36.8 Å². The summed E-state index contributed by atoms with van der Waals surface area (Å²) in [6.45, 7) is 0. The number of fused-ring (bicyclic) bond motifs is 6. The minimum atomic E-state index is -2.75. The van der Waals surface area contributed by atoms with Crippen molar-refractivity contribution in [1.82, 2.24) is 9.80 Å². The number of hydrogen-bond donors (Lipinski definition) is 10. The molecule has 6 aliphatic rings. The quantitative estimate of drug-likeness (QED) is 0.0737. The Balaban J connectivity index is 0.973. The Morgan fingerprint density at radius 2 is 1.34 bits per heavy atom. The molecule has 0 heterocycles. The number of likely N-dealkylation sites (N-methyl/N-ethyl adjacent to an activating group) is 2. The molecule has 18 nitrogen and oxygen atoms in total. The monoisotopic (exact) mass is 934 g/mol. The van der Waals surface area contributed by atoms with Gasteiger partial charge in [0.15, 0.2) is 28.6 Å². The third-order valence-corrected chi connectivity index (χ3v) is 15.3. The van der Waals surface area contributed by atoms with Gasteiger partial charge in [0.05, 0.1) is 29.2 Å². The summed E-state index contributed by atoms with van der Waals surface area (Å²) >= 11 is 0. The van der Waals surface area contributed by atoms with Crippen molar-refractivity contribution in [3.63, 3.8) is 0 Å². The predicted octanol–water partition coefficient (Wildman–Crippen LogP) is -0.308. The van der Waals surface area contributed by atoms with Gasteiger partial charge in [0, 0.05) is 47.4 Å². The molecule has 2 aromatic carbocycles. The number of phenolic OH excluding ortho intramolecular Hbond substituents is 2. The van der Waals surface area contributed by atoms with E-state index in [1.165, 1.54) is 31.1 Å². The highest BCUT2D eigenvalue weighted by Crippen LogP contribution is 2.55. The molecule has 0 aliphatic heterocycles. The molecule has 2 aromatic rings. The number of aliphatic hydroxyl groups excluding tert-OH is 4. The lowest BCUT2D eigenvalue weighted by Crippen LogP contribution is -2.76. The van der Waals surface area contributed by atoms with Gasteiger partial charge in [0.25, 0.3) is 5.91 Å². The van der Waals surface area contributed by atoms with Crippen LogP contribution in [0.4, 0.5) is 0 Å². The van der Waals surface area contributed by atoms with Crippen LogP contribution < -0.4 is 11.5 Å². The molecule has 3 fully saturated rings. The van der Waals surface area contributed by atoms with Crippen LogP contribution in [0.15, 0.2) is 41.2 Å². The molecular formula is C50H54N4O14. The number of phenols is 2. The Kier molecular flexibility index (Phi) is 12.2. The predicted molar refractivity (Wildman–Crippen MR) is 240 cm³/mol. The number of aromatic hydroxyl groups is 2. The van der Waals surface area contributed by atoms with Crippen molar-refractivity contribution in [3.8, 4) is 35.2 Å². The van der Waals surface area contributed by atoms with Crippen molar-refractivity contribution in [1.29, 1.82) is 0 Å². The second kappa shape index (κ2) is 17.3. The maximum Gasteiger partial charge on any atom is 0.255 e. The van der Waals surface area contributed by atoms with E-state index in [2.05, 4.69) is 23.7 Å². The first-order chi connectivity index (χ1) is 32.0. The Hall–Kier alpha value is -6.38. The number of carbonyl (C=O) groups excluding carboxylic acids is 6. The van der Waals surface area contributed by atoms with Crippen molar-refractivity contribution in [3.05, 3.63) is 74.6 Å². The second-order valence-electron chi connectivity index (χ2n) is 19.4. The molecule has 358 valence electrons. The van der Waals surface area contributed by atoms with Gasteiger partial charge in [-0.1, -0.05) is 23.7 Å². The Morgan fingerprint density at radius 1 is 0.765 bits per heavy atom. The number of carbonyl (C=O) groups is 6. The number of Topliss-reactive ketones (excluding diaryl/α,β-unsaturated/α-hetero) is 4. The summed E-state index contributed by atoms with van der Waals surface area (Å²) in [6, 6.07) is 3.65. The number of rotatable bonds is 7. The van der Waals surface area contributed by atoms with Crippen molar-refractivity contribution in [2.24, 2.45) is 47.0 Å². The van der Waals surface area contributed by atoms with Crippen molar-refractivity contribution < 1.29 is 69.6 Å². The highest BCUT2D eigenvalue weighted by atomic mass is 16.4. The fraction of sp³-hybridized carbons (Fsp3) is 0.480. The summed E-state index contributed by atoms with van der Waals surface area (Å²) in [5.74, 6) is -3.01. The van der Waals surface area contributed by atoms with Gasteiger partial charge in [-0.3, -0.25) is 33.7 Å². The number of aliphatic hydroxyl groups is 6. The third-order valence-electron chi connectivity index (χ3n) is 15.3. The number of nitrogens with zero attached hydrogens (tertiary/aromatic N) is 2. The Bertz CT molecular complexity index is 2790. The van der Waals surface area contributed by atoms with Crippen molar-refractivity contribution >= 4 is 40.7 Å². The van der Waals surface area contributed by atoms with Gasteiger partial charge in [-0.05, 0) is 114 Å². The van der Waals surface area contributed by atoms with Crippen LogP contribution in [0.1, 0.15) is 76.7 Å². The second-order valence-corrected chi connectivity index (χ2v) is 19.4. The first-order valence-electron chi connectivity index (χ1n) is 22.5. The first kappa shape index (κ1) is 48.1. The van der Waals surface area contributed by atoms with Crippen molar-refractivity contribution in [2.45, 2.75) is 86.9 Å². The molecule has 12 atom stereocenters. The zero-order valence-corrected chi connectivity index (χ0v) is 37.8. The van der Waals surface area contributed by atoms with Crippen LogP contribution in [0.5, 0.6) is 11.5 Å². The van der Waals surface area contributed by atoms with Gasteiger partial charge in [-0.2, -0.15) is 0 Å². The standard InChI is InChI=1S/C50H54N4O14/c1-53(2)37-27-19-23-17-25-21(13-15-29(55)33(25)39(57)31(23)43(61)49(27,67)45(63)35(41(37)59)47(51)65)11-9-7-5-6-8-10-12-22-14-16-30(56)34-26(22)18-24-20-28-38(54(3)4)42(60)36(48(52)66)46(64)50(28,68)44(62)32(24)40(34)58/h13-16,23-24,27-28,31,35,37-38,41,43,55-56,58-59,61,64,67-68H,5-8,17-20H2,1-4H3,(H2,51,65)(H2,52,66)/t23-,24-,27-,28-,31?,35?,37-,38-,41?,43?,49-,50-/m0/s1. The van der Waals surface area contributed by atoms with Gasteiger partial charge < -0.3 is 57.2 Å². The third kappa shape index (κ3) is 7.04. The molecular weight excluding hydrogens is 881 g/mol. The highest BCUT2D eigenvalue weighted by molar-refractivity contribution is 6.24. The number of ketones is 4. The molecule has 0 spiro atoms. The molecule has 0 radical (unpaired) electrons. The number of amides is 2. The van der Waals surface area contributed by atoms with Gasteiger partial charge in [0.2, 0.25) is 11.7 Å². The minimum Gasteiger partial charge on any atom is -0.508 e. The lowest BCUT2D eigenvalue weighted by molar-refractivity contribution is -0.217. The first-order valence-corrected chi connectivity index (χ1v) is 22.5. The average molecular weight is 935 g/mol. The molecule has 0 saturated heterocycles. The van der Waals surface area contributed by atoms with Gasteiger partial charge in [0.1, 0.15) is 40.6 Å². The maximum atomic E-state index is 14.1. The average Bonchev–Trinajstić information content (AvgIpc) is 3.25. The highest BCUT2D eigenvalue weighted by Gasteiger charge is 2.69. The molecule has 8 rings (SSSR count). The topological polar surface area (TPSA) is 323 Å². The molecule has 6 aliphatic carbocycles. The zero-order chi connectivity index (χ0) is 49.6. The fourth-order valence-corrected chi connectivity index (χ4v) is 12.3. The summed E-state index contributed by atoms with van der Waals surface area (Å²) in [5, 5.41) is 91.1. The Morgan fingerprint density at radius 3 is 1.88 bits per heavy atom. The smallest absolute Gasteiger partial charge is 0.255 e. The van der Waals surface area contributed by atoms with Crippen molar-refractivity contribution in [2.75, 3.05) is 28.2 Å². The summed E-state index contributed by atoms with van der Waals surface area (Å²) in [7, 11) is 6.26. The number of hydrogen-bond acceptors (Lipinski definition) is 16. The van der Waals surface area contributed by atoms with E-state index >= 15 is 0 Å². The minimum absolute atomic E-state index is 0.0317. The zero-order valence-electron chi connectivity index (χ0n) is 37.8. The number of nitrogens with two attached hydrogens (primary N) is 2. The van der Waals surface area contributed by atoms with Crippen LogP contribution in [0.25, 0.3) is 5.76 Å². The molecule has 2 amide bonds. The summed E-state index contributed by atoms with van der Waals surface area (Å²) < 4.78 is 0. The normalized spacial score (nSPS) is 32.7. The van der Waals surface area contributed by atoms with Crippen LogP contribution in [0.2, 0.25) is 0 Å². The van der Waals surface area contributed by atoms with Gasteiger partial charge >= 0.3 is 0 Å². The number of primary amides is 2. The lowest BCUT2D eigenvalue weighted by Gasteiger charge is -2.58. The summed E-state index contributed by atoms with van der Waals surface area (Å²) in [6.07, 6.45) is -1.20. The SMILES string of the molecule is CN(C)[C@@H]1C(=O)C(C(N)=O)=C(O)[C@@]2(O)C(=O)C3=C(O)c4c(O)ccc(C#CCCCCC#Cc5ccc(O)c6c5C[C@H]5C[C@H]7[C@H](N(C)C)C(O)C(C(N)=O)C(=O)[C@@]7(O)C(O)C5C6=O)c4C[C@H]3C[C@@H]12. The van der Waals surface area contributed by atoms with Crippen LogP contribution >= 0.6 is 0 Å². The maximum absolute atomic E-state index is 14.1. The molecule has 68 heavy (non-hydrogen) atoms. The number of benzene rings is 2. The summed E-state index contributed by atoms with van der Waals surface area (Å²) in [4.78, 5) is 82.9. The van der Waals surface area contributed by atoms with E-state index in [1.54, 1.807) is 31.1 Å². The Labute approximate surface area is 390 Å². The molecule has 4 unspecified atom stereocenters. The molecule has 0 aromatic heterocycles. The van der Waals surface area contributed by atoms with Crippen LogP contribution in [0.3, 0.4) is 0 Å². The van der Waals surface area contributed by atoms with E-state index in [9.17, 15) is 69.6 Å². The largest absolute Gasteiger partial charge is 0.508 e. The van der Waals surface area contributed by atoms with E-state index in [1.807, 2.05) is 0 Å². The van der Waals surface area contributed by atoms with E-state index in [4.69, 9.17) is 11.5 Å². The number of unbranched alkanes of at least 4 members (excludes halogenated alkanes) is 3. The van der Waals surface area contributed by atoms with E-state index in [0.29, 0.717) is 47.9 Å². The molecule has 18 heteroatoms. The van der Waals surface area contributed by atoms with Crippen LogP contribution in [-0.4, -0.2) is 149 Å². The van der Waals surface area contributed by atoms with Gasteiger partial charge in [-0.15, -0.1) is 0 Å². The molecule has 0 bridgehead atoms. The van der Waals surface area contributed by atoms with Crippen LogP contribution in [0, 0.1) is 59.2 Å². The fourth-order valence-electron chi connectivity index (χ4n) is 12.3. The van der Waals surface area contributed by atoms with E-state index in [0.717, 1.165) is 0 Å². The van der Waals surface area contributed by atoms with E-state index in [-0.39, 0.29) is 53.9 Å². The molecule has 12 N–H and O–H groups in total. The lowest BCUT2D eigenvalue weighted by atomic mass is 9.51. The van der Waals surface area contributed by atoms with E-state index < -0.39 is 123 Å². The molecule has 3 saturated carbocycles.